The summed E-state index contributed by atoms with van der Waals surface area (Å²) in [5.74, 6) is -0.241. The van der Waals surface area contributed by atoms with Gasteiger partial charge < -0.3 is 9.47 Å². The lowest BCUT2D eigenvalue weighted by atomic mass is 10.1. The molecule has 0 amide bonds. The Kier molecular flexibility index (Phi) is 5.01. The number of nitro benzene ring substituents is 1. The number of benzene rings is 1. The van der Waals surface area contributed by atoms with E-state index in [-0.39, 0.29) is 34.5 Å². The summed E-state index contributed by atoms with van der Waals surface area (Å²) in [5.41, 5.74) is -0.165. The minimum Gasteiger partial charge on any atom is -0.483 e. The van der Waals surface area contributed by atoms with Gasteiger partial charge in [0.2, 0.25) is 0 Å². The summed E-state index contributed by atoms with van der Waals surface area (Å²) in [6, 6.07) is 4.29. The van der Waals surface area contributed by atoms with Gasteiger partial charge in [0.05, 0.1) is 23.6 Å². The van der Waals surface area contributed by atoms with Crippen molar-refractivity contribution in [3.8, 4) is 5.75 Å². The predicted octanol–water partition coefficient (Wildman–Crippen LogP) is 3.36. The molecule has 6 nitrogen and oxygen atoms in total. The summed E-state index contributed by atoms with van der Waals surface area (Å²) in [7, 11) is 0. The van der Waals surface area contributed by atoms with Crippen LogP contribution in [0.15, 0.2) is 18.2 Å². The highest BCUT2D eigenvalue weighted by Crippen LogP contribution is 2.35. The summed E-state index contributed by atoms with van der Waals surface area (Å²) in [5, 5.41) is 11.3. The Morgan fingerprint density at radius 3 is 2.90 bits per heavy atom. The van der Waals surface area contributed by atoms with Crippen molar-refractivity contribution in [2.24, 2.45) is 5.92 Å². The fraction of sp³-hybridized carbons (Fsp3) is 0.500. The van der Waals surface area contributed by atoms with Gasteiger partial charge in [-0.2, -0.15) is 0 Å². The third-order valence-electron chi connectivity index (χ3n) is 3.42. The molecule has 0 aliphatic heterocycles. The van der Waals surface area contributed by atoms with Gasteiger partial charge in [0.25, 0.3) is 0 Å². The molecule has 1 aromatic rings. The molecule has 0 bridgehead atoms. The molecule has 0 spiro atoms. The smallest absolute Gasteiger partial charge is 0.312 e. The van der Waals surface area contributed by atoms with Crippen molar-refractivity contribution in [2.45, 2.75) is 32.3 Å². The van der Waals surface area contributed by atoms with Crippen molar-refractivity contribution in [2.75, 3.05) is 6.61 Å². The Bertz CT molecular complexity index is 548. The van der Waals surface area contributed by atoms with Gasteiger partial charge >= 0.3 is 11.7 Å². The van der Waals surface area contributed by atoms with Crippen molar-refractivity contribution in [3.63, 3.8) is 0 Å². The van der Waals surface area contributed by atoms with E-state index < -0.39 is 4.92 Å². The lowest BCUT2D eigenvalue weighted by molar-refractivity contribution is -0.386. The maximum Gasteiger partial charge on any atom is 0.312 e. The van der Waals surface area contributed by atoms with E-state index in [9.17, 15) is 14.9 Å². The number of carbonyl (C=O) groups excluding carboxylic acids is 1. The number of carbonyl (C=O) groups is 1. The average molecular weight is 314 g/mol. The van der Waals surface area contributed by atoms with E-state index in [1.165, 1.54) is 12.1 Å². The van der Waals surface area contributed by atoms with Crippen LogP contribution in [0.2, 0.25) is 5.02 Å². The van der Waals surface area contributed by atoms with Crippen LogP contribution in [0.25, 0.3) is 0 Å². The number of nitro groups is 1. The van der Waals surface area contributed by atoms with Gasteiger partial charge in [-0.1, -0.05) is 11.6 Å². The molecule has 0 saturated heterocycles. The molecule has 2 unspecified atom stereocenters. The van der Waals surface area contributed by atoms with Crippen molar-refractivity contribution in [1.29, 1.82) is 0 Å². The van der Waals surface area contributed by atoms with Crippen LogP contribution in [0.4, 0.5) is 5.69 Å². The molecule has 1 fully saturated rings. The largest absolute Gasteiger partial charge is 0.483 e. The van der Waals surface area contributed by atoms with Crippen molar-refractivity contribution in [1.82, 2.24) is 0 Å². The zero-order chi connectivity index (χ0) is 15.4. The van der Waals surface area contributed by atoms with Gasteiger partial charge in [0.1, 0.15) is 0 Å². The molecule has 0 N–H and O–H groups in total. The fourth-order valence-electron chi connectivity index (χ4n) is 2.43. The first-order chi connectivity index (χ1) is 10.0. The van der Waals surface area contributed by atoms with Crippen LogP contribution in [0.1, 0.15) is 26.2 Å². The Labute approximate surface area is 127 Å². The minimum atomic E-state index is -0.529. The van der Waals surface area contributed by atoms with Gasteiger partial charge in [-0.15, -0.1) is 0 Å². The highest BCUT2D eigenvalue weighted by Gasteiger charge is 2.33. The zero-order valence-electron chi connectivity index (χ0n) is 11.6. The molecule has 21 heavy (non-hydrogen) atoms. The Morgan fingerprint density at radius 1 is 1.48 bits per heavy atom. The van der Waals surface area contributed by atoms with Crippen LogP contribution in [0.3, 0.4) is 0 Å². The van der Waals surface area contributed by atoms with Crippen molar-refractivity contribution >= 4 is 23.3 Å². The van der Waals surface area contributed by atoms with E-state index in [0.717, 1.165) is 0 Å². The third-order valence-corrected chi connectivity index (χ3v) is 3.65. The monoisotopic (exact) mass is 313 g/mol. The van der Waals surface area contributed by atoms with Crippen LogP contribution in [-0.4, -0.2) is 23.6 Å². The standard InChI is InChI=1S/C14H16ClNO5/c1-2-20-14(17)9-3-5-11(7-9)21-13-6-4-10(15)8-12(13)16(18)19/h4,6,8-9,11H,2-3,5,7H2,1H3. The number of esters is 1. The van der Waals surface area contributed by atoms with Gasteiger partial charge in [0, 0.05) is 11.1 Å². The SMILES string of the molecule is CCOC(=O)C1CCC(Oc2ccc(Cl)cc2[N+](=O)[O-])C1. The van der Waals surface area contributed by atoms with E-state index in [2.05, 4.69) is 0 Å². The number of nitrogens with zero attached hydrogens (tertiary/aromatic N) is 1. The summed E-state index contributed by atoms with van der Waals surface area (Å²) in [4.78, 5) is 22.1. The Morgan fingerprint density at radius 2 is 2.24 bits per heavy atom. The number of rotatable bonds is 5. The lowest BCUT2D eigenvalue weighted by Crippen LogP contribution is -2.18. The molecule has 2 rings (SSSR count). The first kappa shape index (κ1) is 15.6. The van der Waals surface area contributed by atoms with Gasteiger partial charge in [-0.3, -0.25) is 14.9 Å². The second-order valence-electron chi connectivity index (χ2n) is 4.87. The highest BCUT2D eigenvalue weighted by atomic mass is 35.5. The second kappa shape index (κ2) is 6.76. The third kappa shape index (κ3) is 3.85. The topological polar surface area (TPSA) is 78.7 Å². The number of ether oxygens (including phenoxy) is 2. The van der Waals surface area contributed by atoms with Crippen LogP contribution >= 0.6 is 11.6 Å². The maximum absolute atomic E-state index is 11.7. The van der Waals surface area contributed by atoms with E-state index >= 15 is 0 Å². The molecule has 2 atom stereocenters. The van der Waals surface area contributed by atoms with Crippen molar-refractivity contribution < 1.29 is 19.2 Å². The molecule has 0 heterocycles. The van der Waals surface area contributed by atoms with E-state index in [4.69, 9.17) is 21.1 Å². The summed E-state index contributed by atoms with van der Waals surface area (Å²) in [6.07, 6.45) is 1.63. The number of hydrogen-bond donors (Lipinski definition) is 0. The summed E-state index contributed by atoms with van der Waals surface area (Å²) >= 11 is 5.76. The molecule has 0 aromatic heterocycles. The molecule has 7 heteroatoms. The highest BCUT2D eigenvalue weighted by molar-refractivity contribution is 6.30. The summed E-state index contributed by atoms with van der Waals surface area (Å²) < 4.78 is 10.7. The summed E-state index contributed by atoms with van der Waals surface area (Å²) in [6.45, 7) is 2.11. The van der Waals surface area contributed by atoms with Crippen molar-refractivity contribution in [3.05, 3.63) is 33.3 Å². The van der Waals surface area contributed by atoms with Crippen LogP contribution in [0.5, 0.6) is 5.75 Å². The second-order valence-corrected chi connectivity index (χ2v) is 5.31. The van der Waals surface area contributed by atoms with E-state index in [1.807, 2.05) is 0 Å². The van der Waals surface area contributed by atoms with Gasteiger partial charge in [0.15, 0.2) is 5.75 Å². The minimum absolute atomic E-state index is 0.165. The van der Waals surface area contributed by atoms with E-state index in [0.29, 0.717) is 25.9 Å². The van der Waals surface area contributed by atoms with Gasteiger partial charge in [-0.25, -0.2) is 0 Å². The molecule has 1 aliphatic rings. The van der Waals surface area contributed by atoms with Crippen LogP contribution < -0.4 is 4.74 Å². The molecule has 0 radical (unpaired) electrons. The molecule has 1 aliphatic carbocycles. The van der Waals surface area contributed by atoms with E-state index in [1.54, 1.807) is 13.0 Å². The predicted molar refractivity (Wildman–Crippen MR) is 76.5 cm³/mol. The molecule has 1 aromatic carbocycles. The molecular weight excluding hydrogens is 298 g/mol. The van der Waals surface area contributed by atoms with Crippen LogP contribution in [0, 0.1) is 16.0 Å². The molecule has 1 saturated carbocycles. The van der Waals surface area contributed by atoms with Gasteiger partial charge in [-0.05, 0) is 38.3 Å². The first-order valence-electron chi connectivity index (χ1n) is 6.78. The Balaban J connectivity index is 2.03. The average Bonchev–Trinajstić information content (AvgIpc) is 2.89. The number of halogens is 1. The Hall–Kier alpha value is -1.82. The molecule has 114 valence electrons. The molecular formula is C14H16ClNO5. The quantitative estimate of drug-likeness (QED) is 0.473. The lowest BCUT2D eigenvalue weighted by Gasteiger charge is -2.14. The fourth-order valence-corrected chi connectivity index (χ4v) is 2.60. The van der Waals surface area contributed by atoms with Crippen LogP contribution in [-0.2, 0) is 9.53 Å². The first-order valence-corrected chi connectivity index (χ1v) is 7.16. The zero-order valence-corrected chi connectivity index (χ0v) is 12.3. The maximum atomic E-state index is 11.7. The number of hydrogen-bond acceptors (Lipinski definition) is 5. The normalized spacial score (nSPS) is 21.0.